The van der Waals surface area contributed by atoms with E-state index in [2.05, 4.69) is 26.6 Å². The number of carbonyl (C=O) groups is 1. The quantitative estimate of drug-likeness (QED) is 0.879. The summed E-state index contributed by atoms with van der Waals surface area (Å²) in [5.41, 5.74) is 0.984. The van der Waals surface area contributed by atoms with E-state index in [1.165, 1.54) is 12.1 Å². The highest BCUT2D eigenvalue weighted by atomic mass is 79.9. The van der Waals surface area contributed by atoms with Crippen molar-refractivity contribution in [3.63, 3.8) is 0 Å². The molecule has 0 saturated carbocycles. The monoisotopic (exact) mass is 338 g/mol. The largest absolute Gasteiger partial charge is 0.497 e. The Hall–Kier alpha value is -2.08. The van der Waals surface area contributed by atoms with E-state index in [0.717, 1.165) is 0 Å². The first-order valence-electron chi connectivity index (χ1n) is 5.75. The lowest BCUT2D eigenvalue weighted by molar-refractivity contribution is 0.262. The van der Waals surface area contributed by atoms with Crippen LogP contribution in [0.3, 0.4) is 0 Å². The Morgan fingerprint density at radius 2 is 1.70 bits per heavy atom. The molecule has 0 heterocycles. The van der Waals surface area contributed by atoms with Crippen LogP contribution in [-0.2, 0) is 0 Å². The lowest BCUT2D eigenvalue weighted by Gasteiger charge is -2.08. The summed E-state index contributed by atoms with van der Waals surface area (Å²) in [5.74, 6) is 0.262. The van der Waals surface area contributed by atoms with Gasteiger partial charge in [-0.3, -0.25) is 0 Å². The van der Waals surface area contributed by atoms with E-state index >= 15 is 0 Å². The van der Waals surface area contributed by atoms with Gasteiger partial charge in [0.05, 0.1) is 11.6 Å². The molecule has 0 aromatic heterocycles. The van der Waals surface area contributed by atoms with E-state index in [1.807, 2.05) is 0 Å². The molecule has 0 aliphatic rings. The smallest absolute Gasteiger partial charge is 0.323 e. The van der Waals surface area contributed by atoms with Gasteiger partial charge in [0.25, 0.3) is 0 Å². The predicted molar refractivity (Wildman–Crippen MR) is 79.7 cm³/mol. The van der Waals surface area contributed by atoms with Gasteiger partial charge in [-0.2, -0.15) is 0 Å². The molecule has 2 rings (SSSR count). The van der Waals surface area contributed by atoms with Gasteiger partial charge in [-0.1, -0.05) is 0 Å². The normalized spacial score (nSPS) is 9.95. The summed E-state index contributed by atoms with van der Waals surface area (Å²) in [6, 6.07) is 10.8. The fourth-order valence-electron chi connectivity index (χ4n) is 1.54. The molecule has 104 valence electrons. The minimum atomic E-state index is -0.447. The molecule has 0 fully saturated rings. The van der Waals surface area contributed by atoms with Gasteiger partial charge in [0.1, 0.15) is 11.6 Å². The van der Waals surface area contributed by atoms with Gasteiger partial charge in [0.15, 0.2) is 0 Å². The van der Waals surface area contributed by atoms with Crippen LogP contribution in [0, 0.1) is 5.82 Å². The maximum atomic E-state index is 13.3. The average molecular weight is 339 g/mol. The highest BCUT2D eigenvalue weighted by molar-refractivity contribution is 9.10. The second-order valence-electron chi connectivity index (χ2n) is 3.94. The molecule has 0 unspecified atom stereocenters. The van der Waals surface area contributed by atoms with Crippen LogP contribution < -0.4 is 15.4 Å². The highest BCUT2D eigenvalue weighted by Crippen LogP contribution is 2.20. The first-order chi connectivity index (χ1) is 9.58. The second-order valence-corrected chi connectivity index (χ2v) is 4.79. The number of amides is 2. The van der Waals surface area contributed by atoms with Gasteiger partial charge < -0.3 is 15.4 Å². The van der Waals surface area contributed by atoms with Crippen molar-refractivity contribution in [2.24, 2.45) is 0 Å². The summed E-state index contributed by atoms with van der Waals surface area (Å²) in [7, 11) is 1.57. The molecule has 2 amide bonds. The molecular formula is C14H12BrFN2O2. The molecule has 20 heavy (non-hydrogen) atoms. The third kappa shape index (κ3) is 3.71. The molecule has 6 heteroatoms. The van der Waals surface area contributed by atoms with E-state index in [-0.39, 0.29) is 0 Å². The number of carbonyl (C=O) groups excluding carboxylic acids is 1. The van der Waals surface area contributed by atoms with Gasteiger partial charge in [0, 0.05) is 11.4 Å². The molecule has 0 aliphatic carbocycles. The molecule has 0 spiro atoms. The number of hydrogen-bond acceptors (Lipinski definition) is 2. The van der Waals surface area contributed by atoms with Crippen molar-refractivity contribution >= 4 is 33.3 Å². The van der Waals surface area contributed by atoms with Crippen LogP contribution in [0.5, 0.6) is 5.75 Å². The number of anilines is 2. The van der Waals surface area contributed by atoms with Crippen molar-refractivity contribution in [3.05, 3.63) is 52.8 Å². The lowest BCUT2D eigenvalue weighted by Crippen LogP contribution is -2.19. The second kappa shape index (κ2) is 6.38. The average Bonchev–Trinajstić information content (AvgIpc) is 2.44. The number of ether oxygens (including phenoxy) is 1. The topological polar surface area (TPSA) is 50.4 Å². The summed E-state index contributed by atoms with van der Waals surface area (Å²) in [6.07, 6.45) is 0. The Balaban J connectivity index is 1.99. The predicted octanol–water partition coefficient (Wildman–Crippen LogP) is 4.24. The maximum Gasteiger partial charge on any atom is 0.323 e. The van der Waals surface area contributed by atoms with Crippen LogP contribution in [0.25, 0.3) is 0 Å². The Labute approximate surface area is 124 Å². The van der Waals surface area contributed by atoms with Crippen LogP contribution in [0.4, 0.5) is 20.6 Å². The first kappa shape index (κ1) is 14.3. The summed E-state index contributed by atoms with van der Waals surface area (Å²) in [5, 5.41) is 5.18. The minimum absolute atomic E-state index is 0.346. The van der Waals surface area contributed by atoms with Gasteiger partial charge in [-0.05, 0) is 58.4 Å². The van der Waals surface area contributed by atoms with Gasteiger partial charge in [-0.15, -0.1) is 0 Å². The van der Waals surface area contributed by atoms with Crippen LogP contribution in [-0.4, -0.2) is 13.1 Å². The molecule has 0 bridgehead atoms. The first-order valence-corrected chi connectivity index (χ1v) is 6.55. The molecule has 0 atom stereocenters. The zero-order valence-corrected chi connectivity index (χ0v) is 12.2. The standard InChI is InChI=1S/C14H12BrFN2O2/c1-20-11-5-2-9(3-6-11)17-14(19)18-10-4-7-12(15)13(16)8-10/h2-8H,1H3,(H2,17,18,19). The Morgan fingerprint density at radius 3 is 2.30 bits per heavy atom. The third-order valence-electron chi connectivity index (χ3n) is 2.53. The van der Waals surface area contributed by atoms with Crippen molar-refractivity contribution in [2.45, 2.75) is 0 Å². The number of benzene rings is 2. The Kier molecular flexibility index (Phi) is 4.57. The van der Waals surface area contributed by atoms with Crippen molar-refractivity contribution in [2.75, 3.05) is 17.7 Å². The number of rotatable bonds is 3. The lowest BCUT2D eigenvalue weighted by atomic mass is 10.3. The van der Waals surface area contributed by atoms with E-state index in [0.29, 0.717) is 21.6 Å². The number of methoxy groups -OCH3 is 1. The molecule has 2 N–H and O–H groups in total. The van der Waals surface area contributed by atoms with E-state index < -0.39 is 11.8 Å². The molecule has 0 radical (unpaired) electrons. The van der Waals surface area contributed by atoms with Crippen LogP contribution in [0.15, 0.2) is 46.9 Å². The maximum absolute atomic E-state index is 13.3. The van der Waals surface area contributed by atoms with Crippen LogP contribution in [0.2, 0.25) is 0 Å². The fourth-order valence-corrected chi connectivity index (χ4v) is 1.79. The van der Waals surface area contributed by atoms with Crippen LogP contribution >= 0.6 is 15.9 Å². The van der Waals surface area contributed by atoms with E-state index in [4.69, 9.17) is 4.74 Å². The Morgan fingerprint density at radius 1 is 1.10 bits per heavy atom. The third-order valence-corrected chi connectivity index (χ3v) is 3.17. The fraction of sp³-hybridized carbons (Fsp3) is 0.0714. The SMILES string of the molecule is COc1ccc(NC(=O)Nc2ccc(Br)c(F)c2)cc1. The number of urea groups is 1. The van der Waals surface area contributed by atoms with Crippen molar-refractivity contribution < 1.29 is 13.9 Å². The molecule has 0 saturated heterocycles. The summed E-state index contributed by atoms with van der Waals surface area (Å²) in [6.45, 7) is 0. The van der Waals surface area contributed by atoms with Gasteiger partial charge in [0.2, 0.25) is 0 Å². The molecule has 2 aromatic rings. The number of hydrogen-bond donors (Lipinski definition) is 2. The zero-order valence-electron chi connectivity index (χ0n) is 10.6. The Bertz CT molecular complexity index is 617. The van der Waals surface area contributed by atoms with E-state index in [9.17, 15) is 9.18 Å². The summed E-state index contributed by atoms with van der Waals surface area (Å²) >= 11 is 3.05. The highest BCUT2D eigenvalue weighted by Gasteiger charge is 2.05. The van der Waals surface area contributed by atoms with Gasteiger partial charge in [-0.25, -0.2) is 9.18 Å². The minimum Gasteiger partial charge on any atom is -0.497 e. The molecule has 2 aromatic carbocycles. The molecular weight excluding hydrogens is 327 g/mol. The van der Waals surface area contributed by atoms with E-state index in [1.54, 1.807) is 37.4 Å². The molecule has 4 nitrogen and oxygen atoms in total. The van der Waals surface area contributed by atoms with Crippen molar-refractivity contribution in [3.8, 4) is 5.75 Å². The zero-order chi connectivity index (χ0) is 14.5. The van der Waals surface area contributed by atoms with Crippen LogP contribution in [0.1, 0.15) is 0 Å². The van der Waals surface area contributed by atoms with Crippen molar-refractivity contribution in [1.29, 1.82) is 0 Å². The number of halogens is 2. The van der Waals surface area contributed by atoms with Crippen molar-refractivity contribution in [1.82, 2.24) is 0 Å². The molecule has 0 aliphatic heterocycles. The summed E-state index contributed by atoms with van der Waals surface area (Å²) in [4.78, 5) is 11.7. The number of nitrogens with one attached hydrogen (secondary N) is 2. The van der Waals surface area contributed by atoms with Gasteiger partial charge >= 0.3 is 6.03 Å². The summed E-state index contributed by atoms with van der Waals surface area (Å²) < 4.78 is 18.7.